The Morgan fingerprint density at radius 3 is 2.34 bits per heavy atom. The molecule has 1 saturated heterocycles. The average Bonchev–Trinajstić information content (AvgIpc) is 3.03. The van der Waals surface area contributed by atoms with Gasteiger partial charge in [0.1, 0.15) is 5.75 Å². The highest BCUT2D eigenvalue weighted by atomic mass is 32.2. The minimum Gasteiger partial charge on any atom is -0.490 e. The molecule has 32 heavy (non-hydrogen) atoms. The van der Waals surface area contributed by atoms with Crippen LogP contribution in [0.2, 0.25) is 0 Å². The Hall–Kier alpha value is -3.01. The van der Waals surface area contributed by atoms with Crippen molar-refractivity contribution in [2.45, 2.75) is 44.3 Å². The van der Waals surface area contributed by atoms with E-state index >= 15 is 0 Å². The van der Waals surface area contributed by atoms with E-state index in [2.05, 4.69) is 10.6 Å². The number of thioether (sulfide) groups is 1. The van der Waals surface area contributed by atoms with Crippen molar-refractivity contribution in [2.24, 2.45) is 0 Å². The van der Waals surface area contributed by atoms with Crippen LogP contribution >= 0.6 is 11.8 Å². The number of carbonyl (C=O) groups is 3. The largest absolute Gasteiger partial charge is 0.490 e. The van der Waals surface area contributed by atoms with Crippen LogP contribution in [-0.4, -0.2) is 28.4 Å². The van der Waals surface area contributed by atoms with Crippen molar-refractivity contribution in [2.75, 3.05) is 0 Å². The van der Waals surface area contributed by atoms with E-state index in [9.17, 15) is 27.6 Å². The molecule has 0 saturated carbocycles. The highest BCUT2D eigenvalue weighted by Crippen LogP contribution is 2.29. The number of carbonyl (C=O) groups excluding carboxylic acids is 3. The maximum absolute atomic E-state index is 12.8. The number of hydrogen-bond acceptors (Lipinski definition) is 5. The number of nitrogens with one attached hydrogen (secondary N) is 2. The number of hydrogen-bond donors (Lipinski definition) is 2. The number of benzene rings is 2. The molecule has 3 rings (SSSR count). The SMILES string of the molecule is CC(C)Oc1ccc(CC2SC(=O)NC2=O)cc1C(=O)NCc1ccc(C(F)(F)F)cc1. The lowest BCUT2D eigenvalue weighted by Gasteiger charge is -2.16. The van der Waals surface area contributed by atoms with Gasteiger partial charge in [-0.2, -0.15) is 13.2 Å². The first-order valence-corrected chi connectivity index (χ1v) is 10.7. The van der Waals surface area contributed by atoms with Gasteiger partial charge in [0.2, 0.25) is 5.91 Å². The molecular weight excluding hydrogens is 445 g/mol. The summed E-state index contributed by atoms with van der Waals surface area (Å²) >= 11 is 0.896. The second kappa shape index (κ2) is 9.64. The summed E-state index contributed by atoms with van der Waals surface area (Å²) in [7, 11) is 0. The van der Waals surface area contributed by atoms with Crippen molar-refractivity contribution < 1.29 is 32.3 Å². The van der Waals surface area contributed by atoms with Crippen LogP contribution in [0.3, 0.4) is 0 Å². The molecule has 1 fully saturated rings. The first kappa shape index (κ1) is 23.6. The Balaban J connectivity index is 1.75. The molecule has 0 spiro atoms. The fourth-order valence-corrected chi connectivity index (χ4v) is 3.93. The number of halogens is 3. The van der Waals surface area contributed by atoms with Gasteiger partial charge in [-0.25, -0.2) is 0 Å². The van der Waals surface area contributed by atoms with Gasteiger partial charge in [0.25, 0.3) is 11.1 Å². The van der Waals surface area contributed by atoms with E-state index in [1.165, 1.54) is 12.1 Å². The monoisotopic (exact) mass is 466 g/mol. The Morgan fingerprint density at radius 2 is 1.78 bits per heavy atom. The van der Waals surface area contributed by atoms with Crippen molar-refractivity contribution in [3.63, 3.8) is 0 Å². The summed E-state index contributed by atoms with van der Waals surface area (Å²) in [6, 6.07) is 9.47. The van der Waals surface area contributed by atoms with E-state index in [-0.39, 0.29) is 30.5 Å². The molecule has 0 radical (unpaired) electrons. The molecule has 2 N–H and O–H groups in total. The van der Waals surface area contributed by atoms with Crippen LogP contribution in [0.15, 0.2) is 42.5 Å². The third kappa shape index (κ3) is 6.03. The molecular formula is C22H21F3N2O4S. The normalized spacial score (nSPS) is 16.2. The molecule has 1 atom stereocenters. The van der Waals surface area contributed by atoms with Crippen LogP contribution in [0.1, 0.15) is 40.9 Å². The molecule has 1 unspecified atom stereocenters. The lowest BCUT2D eigenvalue weighted by atomic mass is 10.0. The molecule has 170 valence electrons. The minimum atomic E-state index is -4.43. The van der Waals surface area contributed by atoms with Crippen LogP contribution in [0.5, 0.6) is 5.75 Å². The molecule has 1 aliphatic rings. The number of amides is 3. The number of alkyl halides is 3. The number of ether oxygens (including phenoxy) is 1. The summed E-state index contributed by atoms with van der Waals surface area (Å²) in [4.78, 5) is 36.1. The van der Waals surface area contributed by atoms with E-state index in [1.807, 2.05) is 13.8 Å². The number of rotatable bonds is 7. The maximum atomic E-state index is 12.8. The zero-order valence-corrected chi connectivity index (χ0v) is 18.1. The van der Waals surface area contributed by atoms with Gasteiger partial charge in [-0.1, -0.05) is 30.0 Å². The third-order valence-electron chi connectivity index (χ3n) is 4.57. The standard InChI is InChI=1S/C22H21F3N2O4S/c1-12(2)31-17-8-5-14(10-18-20(29)27-21(30)32-18)9-16(17)19(28)26-11-13-3-6-15(7-4-13)22(23,24)25/h3-9,12,18H,10-11H2,1-2H3,(H,26,28)(H,27,29,30). The van der Waals surface area contributed by atoms with Gasteiger partial charge in [0.15, 0.2) is 0 Å². The summed E-state index contributed by atoms with van der Waals surface area (Å²) < 4.78 is 43.8. The fraction of sp³-hybridized carbons (Fsp3) is 0.318. The van der Waals surface area contributed by atoms with Crippen molar-refractivity contribution in [3.05, 3.63) is 64.7 Å². The molecule has 2 aromatic rings. The molecule has 1 heterocycles. The molecule has 0 aliphatic carbocycles. The van der Waals surface area contributed by atoms with E-state index in [0.29, 0.717) is 16.9 Å². The van der Waals surface area contributed by atoms with E-state index in [0.717, 1.165) is 23.9 Å². The van der Waals surface area contributed by atoms with Gasteiger partial charge in [-0.3, -0.25) is 19.7 Å². The molecule has 3 amide bonds. The van der Waals surface area contributed by atoms with Gasteiger partial charge >= 0.3 is 6.18 Å². The van der Waals surface area contributed by atoms with Crippen molar-refractivity contribution >= 4 is 28.8 Å². The Bertz CT molecular complexity index is 1020. The summed E-state index contributed by atoms with van der Waals surface area (Å²) in [5.74, 6) is -0.508. The van der Waals surface area contributed by atoms with Crippen LogP contribution < -0.4 is 15.4 Å². The van der Waals surface area contributed by atoms with E-state index < -0.39 is 28.1 Å². The van der Waals surface area contributed by atoms with Gasteiger partial charge in [-0.05, 0) is 55.7 Å². The van der Waals surface area contributed by atoms with Gasteiger partial charge in [-0.15, -0.1) is 0 Å². The predicted octanol–water partition coefficient (Wildman–Crippen LogP) is 4.32. The Labute approximate surface area is 186 Å². The molecule has 1 aliphatic heterocycles. The van der Waals surface area contributed by atoms with Crippen molar-refractivity contribution in [3.8, 4) is 5.75 Å². The summed E-state index contributed by atoms with van der Waals surface area (Å²) in [6.45, 7) is 3.64. The lowest BCUT2D eigenvalue weighted by Crippen LogP contribution is -2.26. The first-order chi connectivity index (χ1) is 15.0. The predicted molar refractivity (Wildman–Crippen MR) is 113 cm³/mol. The van der Waals surface area contributed by atoms with E-state index in [4.69, 9.17) is 4.74 Å². The van der Waals surface area contributed by atoms with Gasteiger partial charge in [0, 0.05) is 6.54 Å². The second-order valence-electron chi connectivity index (χ2n) is 7.46. The summed E-state index contributed by atoms with van der Waals surface area (Å²) in [5, 5.41) is 3.92. The quantitative estimate of drug-likeness (QED) is 0.635. The lowest BCUT2D eigenvalue weighted by molar-refractivity contribution is -0.137. The molecule has 2 aromatic carbocycles. The maximum Gasteiger partial charge on any atom is 0.416 e. The van der Waals surface area contributed by atoms with E-state index in [1.54, 1.807) is 18.2 Å². The molecule has 6 nitrogen and oxygen atoms in total. The first-order valence-electron chi connectivity index (χ1n) is 9.78. The Kier molecular flexibility index (Phi) is 7.12. The van der Waals surface area contributed by atoms with Gasteiger partial charge < -0.3 is 10.1 Å². The van der Waals surface area contributed by atoms with Crippen molar-refractivity contribution in [1.82, 2.24) is 10.6 Å². The molecule has 10 heteroatoms. The Morgan fingerprint density at radius 1 is 1.12 bits per heavy atom. The van der Waals surface area contributed by atoms with Crippen LogP contribution in [0, 0.1) is 0 Å². The summed E-state index contributed by atoms with van der Waals surface area (Å²) in [6.07, 6.45) is -4.37. The van der Waals surface area contributed by atoms with Crippen LogP contribution in [-0.2, 0) is 23.9 Å². The van der Waals surface area contributed by atoms with Crippen molar-refractivity contribution in [1.29, 1.82) is 0 Å². The highest BCUT2D eigenvalue weighted by molar-refractivity contribution is 8.15. The van der Waals surface area contributed by atoms with Crippen LogP contribution in [0.4, 0.5) is 18.0 Å². The smallest absolute Gasteiger partial charge is 0.416 e. The third-order valence-corrected chi connectivity index (χ3v) is 5.56. The average molecular weight is 466 g/mol. The topological polar surface area (TPSA) is 84.5 Å². The summed E-state index contributed by atoms with van der Waals surface area (Å²) in [5.41, 5.74) is 0.646. The van der Waals surface area contributed by atoms with Crippen LogP contribution in [0.25, 0.3) is 0 Å². The minimum absolute atomic E-state index is 0.0255. The zero-order valence-electron chi connectivity index (χ0n) is 17.3. The van der Waals surface area contributed by atoms with Gasteiger partial charge in [0.05, 0.1) is 22.5 Å². The molecule has 0 bridgehead atoms. The zero-order chi connectivity index (χ0) is 23.5. The second-order valence-corrected chi connectivity index (χ2v) is 8.64. The fourth-order valence-electron chi connectivity index (χ4n) is 3.07. The number of imide groups is 1. The molecule has 0 aromatic heterocycles. The highest BCUT2D eigenvalue weighted by Gasteiger charge is 2.32.